The molecule has 1 unspecified atom stereocenters. The molecule has 1 heterocycles. The Kier molecular flexibility index (Phi) is 4.86. The second-order valence-electron chi connectivity index (χ2n) is 5.99. The average molecular weight is 304 g/mol. The molecular formula is C17H24N2O3. The van der Waals surface area contributed by atoms with E-state index in [0.717, 1.165) is 5.56 Å². The minimum Gasteiger partial charge on any atom is -0.380 e. The van der Waals surface area contributed by atoms with Crippen LogP contribution in [0.25, 0.3) is 0 Å². The molecule has 0 spiro atoms. The summed E-state index contributed by atoms with van der Waals surface area (Å²) in [6.07, 6.45) is 0. The van der Waals surface area contributed by atoms with Gasteiger partial charge in [-0.25, -0.2) is 4.79 Å². The van der Waals surface area contributed by atoms with Gasteiger partial charge in [-0.3, -0.25) is 9.69 Å². The number of imide groups is 1. The molecule has 1 aliphatic rings. The van der Waals surface area contributed by atoms with Gasteiger partial charge in [-0.15, -0.1) is 0 Å². The average Bonchev–Trinajstić information content (AvgIpc) is 2.71. The summed E-state index contributed by atoms with van der Waals surface area (Å²) in [5, 5.41) is 2.80. The number of rotatable bonds is 6. The van der Waals surface area contributed by atoms with Crippen LogP contribution in [-0.2, 0) is 15.1 Å². The maximum Gasteiger partial charge on any atom is 0.325 e. The van der Waals surface area contributed by atoms with Gasteiger partial charge < -0.3 is 10.1 Å². The fourth-order valence-corrected chi connectivity index (χ4v) is 2.60. The lowest BCUT2D eigenvalue weighted by molar-refractivity contribution is -0.131. The molecule has 0 aromatic heterocycles. The van der Waals surface area contributed by atoms with Crippen molar-refractivity contribution < 1.29 is 14.3 Å². The van der Waals surface area contributed by atoms with Crippen molar-refractivity contribution in [1.82, 2.24) is 10.2 Å². The van der Waals surface area contributed by atoms with Crippen molar-refractivity contribution in [3.05, 3.63) is 35.4 Å². The lowest BCUT2D eigenvalue weighted by Crippen LogP contribution is -2.41. The number of ether oxygens (including phenoxy) is 1. The summed E-state index contributed by atoms with van der Waals surface area (Å²) in [5.41, 5.74) is 1.00. The second kappa shape index (κ2) is 6.48. The van der Waals surface area contributed by atoms with Crippen LogP contribution in [0, 0.1) is 0 Å². The minimum atomic E-state index is -1.00. The molecule has 1 aromatic carbocycles. The van der Waals surface area contributed by atoms with E-state index in [1.807, 2.05) is 31.2 Å². The first-order valence-electron chi connectivity index (χ1n) is 7.72. The van der Waals surface area contributed by atoms with E-state index in [-0.39, 0.29) is 18.5 Å². The quantitative estimate of drug-likeness (QED) is 0.649. The normalized spacial score (nSPS) is 21.6. The van der Waals surface area contributed by atoms with E-state index in [9.17, 15) is 9.59 Å². The van der Waals surface area contributed by atoms with Gasteiger partial charge >= 0.3 is 6.03 Å². The zero-order chi connectivity index (χ0) is 16.3. The van der Waals surface area contributed by atoms with Gasteiger partial charge in [-0.1, -0.05) is 38.1 Å². The molecule has 0 saturated carbocycles. The molecule has 1 atom stereocenters. The standard InChI is InChI=1S/C17H24N2O3/c1-5-22-11-10-19-15(20)17(4,18-16(19)21)14-8-6-13(7-9-14)12(2)3/h6-9,12H,5,10-11H2,1-4H3,(H,18,21). The Morgan fingerprint density at radius 1 is 1.23 bits per heavy atom. The first-order valence-corrected chi connectivity index (χ1v) is 7.72. The number of hydrogen-bond donors (Lipinski definition) is 1. The van der Waals surface area contributed by atoms with Crippen molar-refractivity contribution in [1.29, 1.82) is 0 Å². The Balaban J connectivity index is 2.19. The number of nitrogens with zero attached hydrogens (tertiary/aromatic N) is 1. The Hall–Kier alpha value is -1.88. The highest BCUT2D eigenvalue weighted by Crippen LogP contribution is 2.29. The van der Waals surface area contributed by atoms with Gasteiger partial charge in [0.25, 0.3) is 5.91 Å². The fourth-order valence-electron chi connectivity index (χ4n) is 2.60. The fraction of sp³-hybridized carbons (Fsp3) is 0.529. The highest BCUT2D eigenvalue weighted by molar-refractivity contribution is 6.07. The smallest absolute Gasteiger partial charge is 0.325 e. The Labute approximate surface area is 131 Å². The third kappa shape index (κ3) is 2.99. The molecule has 5 heteroatoms. The van der Waals surface area contributed by atoms with Crippen LogP contribution in [0.15, 0.2) is 24.3 Å². The molecule has 1 N–H and O–H groups in total. The van der Waals surface area contributed by atoms with Crippen molar-refractivity contribution >= 4 is 11.9 Å². The molecule has 0 bridgehead atoms. The molecule has 1 saturated heterocycles. The van der Waals surface area contributed by atoms with Crippen molar-refractivity contribution in [2.45, 2.75) is 39.2 Å². The van der Waals surface area contributed by atoms with E-state index < -0.39 is 5.54 Å². The predicted molar refractivity (Wildman–Crippen MR) is 84.6 cm³/mol. The first kappa shape index (κ1) is 16.5. The molecule has 1 aromatic rings. The molecule has 0 radical (unpaired) electrons. The molecule has 0 aliphatic carbocycles. The number of carbonyl (C=O) groups excluding carboxylic acids is 2. The van der Waals surface area contributed by atoms with Crippen LogP contribution in [0.5, 0.6) is 0 Å². The van der Waals surface area contributed by atoms with E-state index in [0.29, 0.717) is 19.1 Å². The van der Waals surface area contributed by atoms with Crippen LogP contribution in [0.3, 0.4) is 0 Å². The predicted octanol–water partition coefficient (Wildman–Crippen LogP) is 2.61. The van der Waals surface area contributed by atoms with E-state index in [4.69, 9.17) is 4.74 Å². The lowest BCUT2D eigenvalue weighted by atomic mass is 9.90. The summed E-state index contributed by atoms with van der Waals surface area (Å²) in [6, 6.07) is 7.49. The molecule has 3 amide bonds. The number of urea groups is 1. The monoisotopic (exact) mass is 304 g/mol. The van der Waals surface area contributed by atoms with Crippen LogP contribution in [-0.4, -0.2) is 36.6 Å². The Bertz CT molecular complexity index is 554. The SMILES string of the molecule is CCOCCN1C(=O)NC(C)(c2ccc(C(C)C)cc2)C1=O. The number of nitrogens with one attached hydrogen (secondary N) is 1. The molecule has 120 valence electrons. The molecule has 2 rings (SSSR count). The third-order valence-corrected chi connectivity index (χ3v) is 4.09. The Morgan fingerprint density at radius 2 is 1.86 bits per heavy atom. The number of hydrogen-bond acceptors (Lipinski definition) is 3. The van der Waals surface area contributed by atoms with Gasteiger partial charge in [0.1, 0.15) is 5.54 Å². The summed E-state index contributed by atoms with van der Waals surface area (Å²) < 4.78 is 5.23. The van der Waals surface area contributed by atoms with Crippen molar-refractivity contribution in [3.8, 4) is 0 Å². The third-order valence-electron chi connectivity index (χ3n) is 4.09. The number of carbonyl (C=O) groups is 2. The number of benzene rings is 1. The summed E-state index contributed by atoms with van der Waals surface area (Å²) in [4.78, 5) is 25.9. The highest BCUT2D eigenvalue weighted by atomic mass is 16.5. The van der Waals surface area contributed by atoms with Crippen molar-refractivity contribution in [3.63, 3.8) is 0 Å². The largest absolute Gasteiger partial charge is 0.380 e. The summed E-state index contributed by atoms with van der Waals surface area (Å²) in [7, 11) is 0. The topological polar surface area (TPSA) is 58.6 Å². The van der Waals surface area contributed by atoms with Crippen LogP contribution in [0.1, 0.15) is 44.7 Å². The second-order valence-corrected chi connectivity index (χ2v) is 5.99. The maximum atomic E-state index is 12.6. The van der Waals surface area contributed by atoms with Gasteiger partial charge in [0, 0.05) is 6.61 Å². The van der Waals surface area contributed by atoms with Crippen molar-refractivity contribution in [2.75, 3.05) is 19.8 Å². The summed E-state index contributed by atoms with van der Waals surface area (Å²) in [6.45, 7) is 9.07. The van der Waals surface area contributed by atoms with Gasteiger partial charge in [0.2, 0.25) is 0 Å². The summed E-state index contributed by atoms with van der Waals surface area (Å²) in [5.74, 6) is 0.202. The highest BCUT2D eigenvalue weighted by Gasteiger charge is 2.48. The van der Waals surface area contributed by atoms with Crippen LogP contribution >= 0.6 is 0 Å². The molecule has 1 aliphatic heterocycles. The lowest BCUT2D eigenvalue weighted by Gasteiger charge is -2.23. The van der Waals surface area contributed by atoms with Gasteiger partial charge in [0.15, 0.2) is 0 Å². The van der Waals surface area contributed by atoms with E-state index in [2.05, 4.69) is 19.2 Å². The number of amides is 3. The van der Waals surface area contributed by atoms with E-state index >= 15 is 0 Å². The first-order chi connectivity index (χ1) is 10.4. The van der Waals surface area contributed by atoms with Crippen LogP contribution in [0.4, 0.5) is 4.79 Å². The van der Waals surface area contributed by atoms with Crippen molar-refractivity contribution in [2.24, 2.45) is 0 Å². The zero-order valence-electron chi connectivity index (χ0n) is 13.7. The molecule has 5 nitrogen and oxygen atoms in total. The summed E-state index contributed by atoms with van der Waals surface area (Å²) >= 11 is 0. The molecular weight excluding hydrogens is 280 g/mol. The van der Waals surface area contributed by atoms with Gasteiger partial charge in [0.05, 0.1) is 13.2 Å². The van der Waals surface area contributed by atoms with Crippen LogP contribution in [0.2, 0.25) is 0 Å². The molecule has 22 heavy (non-hydrogen) atoms. The van der Waals surface area contributed by atoms with Crippen LogP contribution < -0.4 is 5.32 Å². The molecule has 1 fully saturated rings. The van der Waals surface area contributed by atoms with E-state index in [1.165, 1.54) is 10.5 Å². The van der Waals surface area contributed by atoms with E-state index in [1.54, 1.807) is 6.92 Å². The maximum absolute atomic E-state index is 12.6. The van der Waals surface area contributed by atoms with Gasteiger partial charge in [-0.05, 0) is 30.9 Å². The zero-order valence-corrected chi connectivity index (χ0v) is 13.7. The van der Waals surface area contributed by atoms with Gasteiger partial charge in [-0.2, -0.15) is 0 Å². The Morgan fingerprint density at radius 3 is 2.41 bits per heavy atom. The minimum absolute atomic E-state index is 0.227.